The van der Waals surface area contributed by atoms with Crippen LogP contribution in [0.3, 0.4) is 0 Å². The third-order valence-corrected chi connectivity index (χ3v) is 3.48. The summed E-state index contributed by atoms with van der Waals surface area (Å²) in [5, 5.41) is 5.76. The average Bonchev–Trinajstić information content (AvgIpc) is 2.48. The minimum atomic E-state index is -0.150. The zero-order valence-electron chi connectivity index (χ0n) is 11.4. The summed E-state index contributed by atoms with van der Waals surface area (Å²) in [4.78, 5) is 0. The van der Waals surface area contributed by atoms with E-state index in [9.17, 15) is 4.39 Å². The Bertz CT molecular complexity index is 749. The van der Waals surface area contributed by atoms with Gasteiger partial charge in [-0.2, -0.15) is 0 Å². The summed E-state index contributed by atoms with van der Waals surface area (Å²) >= 11 is 0. The number of benzene rings is 3. The van der Waals surface area contributed by atoms with Crippen molar-refractivity contribution in [3.8, 4) is 0 Å². The molecule has 0 aliphatic rings. The number of aryl methyl sites for hydroxylation is 1. The molecule has 0 aliphatic heterocycles. The first-order valence-electron chi connectivity index (χ1n) is 6.70. The third kappa shape index (κ3) is 2.64. The van der Waals surface area contributed by atoms with E-state index in [0.717, 1.165) is 11.3 Å². The van der Waals surface area contributed by atoms with E-state index in [4.69, 9.17) is 0 Å². The normalized spacial score (nSPS) is 10.7. The number of fused-ring (bicyclic) bond motifs is 1. The highest BCUT2D eigenvalue weighted by atomic mass is 19.1. The Morgan fingerprint density at radius 3 is 2.50 bits per heavy atom. The molecule has 0 heterocycles. The number of anilines is 1. The molecule has 0 fully saturated rings. The Morgan fingerprint density at radius 2 is 1.70 bits per heavy atom. The minimum Gasteiger partial charge on any atom is -0.381 e. The van der Waals surface area contributed by atoms with Gasteiger partial charge >= 0.3 is 0 Å². The van der Waals surface area contributed by atoms with Crippen LogP contribution in [0.15, 0.2) is 60.7 Å². The smallest absolute Gasteiger partial charge is 0.126 e. The van der Waals surface area contributed by atoms with Gasteiger partial charge in [0, 0.05) is 12.2 Å². The van der Waals surface area contributed by atoms with Gasteiger partial charge in [-0.3, -0.25) is 0 Å². The van der Waals surface area contributed by atoms with Gasteiger partial charge in [0.1, 0.15) is 5.82 Å². The number of nitrogens with one attached hydrogen (secondary N) is 1. The minimum absolute atomic E-state index is 0.150. The molecule has 1 N–H and O–H groups in total. The molecule has 0 saturated heterocycles. The van der Waals surface area contributed by atoms with Crippen LogP contribution in [0.5, 0.6) is 0 Å². The molecular formula is C18H16FN. The fraction of sp³-hybridized carbons (Fsp3) is 0.111. The number of hydrogen-bond acceptors (Lipinski definition) is 1. The summed E-state index contributed by atoms with van der Waals surface area (Å²) in [7, 11) is 0. The van der Waals surface area contributed by atoms with Crippen molar-refractivity contribution in [2.75, 3.05) is 5.32 Å². The van der Waals surface area contributed by atoms with Crippen molar-refractivity contribution < 1.29 is 4.39 Å². The topological polar surface area (TPSA) is 12.0 Å². The molecule has 0 saturated carbocycles. The van der Waals surface area contributed by atoms with Crippen LogP contribution in [-0.4, -0.2) is 0 Å². The molecule has 3 aromatic carbocycles. The Morgan fingerprint density at radius 1 is 0.900 bits per heavy atom. The second-order valence-corrected chi connectivity index (χ2v) is 5.00. The molecular weight excluding hydrogens is 249 g/mol. The number of rotatable bonds is 3. The van der Waals surface area contributed by atoms with Crippen molar-refractivity contribution in [2.24, 2.45) is 0 Å². The van der Waals surface area contributed by atoms with E-state index >= 15 is 0 Å². The van der Waals surface area contributed by atoms with Crippen LogP contribution >= 0.6 is 0 Å². The van der Waals surface area contributed by atoms with E-state index in [1.165, 1.54) is 10.8 Å². The fourth-order valence-corrected chi connectivity index (χ4v) is 2.25. The molecule has 0 spiro atoms. The van der Waals surface area contributed by atoms with Gasteiger partial charge in [-0.1, -0.05) is 42.5 Å². The molecule has 0 bridgehead atoms. The maximum Gasteiger partial charge on any atom is 0.126 e. The first-order valence-corrected chi connectivity index (χ1v) is 6.70. The van der Waals surface area contributed by atoms with Gasteiger partial charge in [-0.25, -0.2) is 4.39 Å². The SMILES string of the molecule is Cc1ccc(CNc2ccc3ccccc3c2)cc1F. The van der Waals surface area contributed by atoms with Gasteiger partial charge in [0.25, 0.3) is 0 Å². The van der Waals surface area contributed by atoms with Gasteiger partial charge in [-0.15, -0.1) is 0 Å². The molecule has 0 unspecified atom stereocenters. The van der Waals surface area contributed by atoms with Gasteiger partial charge in [-0.05, 0) is 47.0 Å². The van der Waals surface area contributed by atoms with Crippen molar-refractivity contribution >= 4 is 16.5 Å². The number of halogens is 1. The monoisotopic (exact) mass is 265 g/mol. The van der Waals surface area contributed by atoms with Crippen molar-refractivity contribution in [1.29, 1.82) is 0 Å². The fourth-order valence-electron chi connectivity index (χ4n) is 2.25. The van der Waals surface area contributed by atoms with Gasteiger partial charge in [0.15, 0.2) is 0 Å². The maximum absolute atomic E-state index is 13.5. The lowest BCUT2D eigenvalue weighted by molar-refractivity contribution is 0.616. The molecule has 0 aromatic heterocycles. The van der Waals surface area contributed by atoms with Crippen molar-refractivity contribution in [3.63, 3.8) is 0 Å². The van der Waals surface area contributed by atoms with E-state index < -0.39 is 0 Å². The largest absolute Gasteiger partial charge is 0.381 e. The predicted octanol–water partition coefficient (Wildman–Crippen LogP) is 4.90. The van der Waals surface area contributed by atoms with Crippen molar-refractivity contribution in [2.45, 2.75) is 13.5 Å². The van der Waals surface area contributed by atoms with Crippen LogP contribution in [-0.2, 0) is 6.54 Å². The van der Waals surface area contributed by atoms with Gasteiger partial charge in [0.05, 0.1) is 0 Å². The standard InChI is InChI=1S/C18H16FN/c1-13-6-7-14(10-18(13)19)12-20-17-9-8-15-4-2-3-5-16(15)11-17/h2-11,20H,12H2,1H3. The van der Waals surface area contributed by atoms with E-state index in [-0.39, 0.29) is 5.82 Å². The Hall–Kier alpha value is -2.35. The van der Waals surface area contributed by atoms with Gasteiger partial charge < -0.3 is 5.32 Å². The molecule has 1 nitrogen and oxygen atoms in total. The zero-order chi connectivity index (χ0) is 13.9. The lowest BCUT2D eigenvalue weighted by Crippen LogP contribution is -2.00. The lowest BCUT2D eigenvalue weighted by Gasteiger charge is -2.08. The Balaban J connectivity index is 1.77. The third-order valence-electron chi connectivity index (χ3n) is 3.48. The predicted molar refractivity (Wildman–Crippen MR) is 82.4 cm³/mol. The summed E-state index contributed by atoms with van der Waals surface area (Å²) in [5.41, 5.74) is 2.67. The first-order chi connectivity index (χ1) is 9.72. The quantitative estimate of drug-likeness (QED) is 0.710. The molecule has 100 valence electrons. The van der Waals surface area contributed by atoms with Crippen LogP contribution < -0.4 is 5.32 Å². The molecule has 0 radical (unpaired) electrons. The summed E-state index contributed by atoms with van der Waals surface area (Å²) in [5.74, 6) is -0.150. The number of hydrogen-bond donors (Lipinski definition) is 1. The second-order valence-electron chi connectivity index (χ2n) is 5.00. The van der Waals surface area contributed by atoms with Gasteiger partial charge in [0.2, 0.25) is 0 Å². The maximum atomic E-state index is 13.5. The lowest BCUT2D eigenvalue weighted by atomic mass is 10.1. The summed E-state index contributed by atoms with van der Waals surface area (Å²) in [6.45, 7) is 2.39. The van der Waals surface area contributed by atoms with Crippen LogP contribution in [0.25, 0.3) is 10.8 Å². The molecule has 2 heteroatoms. The van der Waals surface area contributed by atoms with E-state index in [1.807, 2.05) is 30.3 Å². The summed E-state index contributed by atoms with van der Waals surface area (Å²) in [6, 6.07) is 19.8. The van der Waals surface area contributed by atoms with E-state index in [0.29, 0.717) is 12.1 Å². The molecule has 3 aromatic rings. The summed E-state index contributed by atoms with van der Waals surface area (Å²) in [6.07, 6.45) is 0. The molecule has 0 aliphatic carbocycles. The molecule has 0 amide bonds. The highest BCUT2D eigenvalue weighted by Gasteiger charge is 2.00. The Kier molecular flexibility index (Phi) is 3.38. The van der Waals surface area contributed by atoms with Crippen LogP contribution in [0.1, 0.15) is 11.1 Å². The molecule has 3 rings (SSSR count). The molecule has 20 heavy (non-hydrogen) atoms. The first kappa shape index (κ1) is 12.7. The highest BCUT2D eigenvalue weighted by molar-refractivity contribution is 5.85. The summed E-state index contributed by atoms with van der Waals surface area (Å²) < 4.78 is 13.5. The van der Waals surface area contributed by atoms with E-state index in [2.05, 4.69) is 29.6 Å². The zero-order valence-corrected chi connectivity index (χ0v) is 11.4. The average molecular weight is 265 g/mol. The van der Waals surface area contributed by atoms with Crippen molar-refractivity contribution in [3.05, 3.63) is 77.6 Å². The van der Waals surface area contributed by atoms with Crippen LogP contribution in [0, 0.1) is 12.7 Å². The second kappa shape index (κ2) is 5.33. The van der Waals surface area contributed by atoms with E-state index in [1.54, 1.807) is 13.0 Å². The van der Waals surface area contributed by atoms with Crippen LogP contribution in [0.4, 0.5) is 10.1 Å². The van der Waals surface area contributed by atoms with Crippen LogP contribution in [0.2, 0.25) is 0 Å². The Labute approximate surface area is 118 Å². The van der Waals surface area contributed by atoms with Crippen molar-refractivity contribution in [1.82, 2.24) is 0 Å². The molecule has 0 atom stereocenters. The highest BCUT2D eigenvalue weighted by Crippen LogP contribution is 2.19.